The highest BCUT2D eigenvalue weighted by atomic mass is 16.5. The average molecular weight is 480 g/mol. The van der Waals surface area contributed by atoms with Gasteiger partial charge >= 0.3 is 11.9 Å². The van der Waals surface area contributed by atoms with Crippen molar-refractivity contribution in [3.05, 3.63) is 83.9 Å². The lowest BCUT2D eigenvalue weighted by Crippen LogP contribution is -2.17. The predicted octanol–water partition coefficient (Wildman–Crippen LogP) is 6.57. The molecule has 5 rings (SSSR count). The fourth-order valence-corrected chi connectivity index (χ4v) is 4.55. The molecule has 1 aromatic heterocycles. The molecule has 0 atom stereocenters. The minimum atomic E-state index is -0.626. The summed E-state index contributed by atoms with van der Waals surface area (Å²) < 4.78 is 16.2. The molecule has 0 aliphatic heterocycles. The Bertz CT molecular complexity index is 1620. The highest BCUT2D eigenvalue weighted by molar-refractivity contribution is 6.23. The Labute approximate surface area is 208 Å². The summed E-state index contributed by atoms with van der Waals surface area (Å²) >= 11 is 0. The zero-order valence-electron chi connectivity index (χ0n) is 20.3. The van der Waals surface area contributed by atoms with Gasteiger partial charge in [-0.05, 0) is 77.9 Å². The fourth-order valence-electron chi connectivity index (χ4n) is 4.55. The van der Waals surface area contributed by atoms with Crippen LogP contribution < -0.4 is 4.74 Å². The van der Waals surface area contributed by atoms with Gasteiger partial charge in [0.15, 0.2) is 0 Å². The van der Waals surface area contributed by atoms with Gasteiger partial charge in [0, 0.05) is 10.9 Å². The predicted molar refractivity (Wildman–Crippen MR) is 141 cm³/mol. The smallest absolute Gasteiger partial charge is 0.341 e. The molecule has 0 saturated heterocycles. The van der Waals surface area contributed by atoms with Crippen LogP contribution in [-0.2, 0) is 9.47 Å². The molecule has 0 aliphatic carbocycles. The minimum Gasteiger partial charge on any atom is -0.497 e. The number of ether oxygens (including phenoxy) is 3. The molecule has 0 spiro atoms. The quantitative estimate of drug-likeness (QED) is 0.156. The van der Waals surface area contributed by atoms with Crippen LogP contribution in [0.1, 0.15) is 34.6 Å². The van der Waals surface area contributed by atoms with E-state index in [1.54, 1.807) is 45.2 Å². The number of nitrogens with zero attached hydrogens (tertiary/aromatic N) is 1. The standard InChI is InChI=1S/C30H25NO5/c1-4-35-29(32)26-25-23-17-20-9-7-6-8-19(20)16-21(23)12-15-24(25)31-28(27(26)30(33)36-5-2)18-10-13-22(34-3)14-11-18/h6-17H,4-5H2,1-3H3. The topological polar surface area (TPSA) is 74.7 Å². The van der Waals surface area contributed by atoms with Crippen LogP contribution in [0.25, 0.3) is 43.7 Å². The van der Waals surface area contributed by atoms with Crippen molar-refractivity contribution in [2.75, 3.05) is 20.3 Å². The molecule has 6 nitrogen and oxygen atoms in total. The van der Waals surface area contributed by atoms with Gasteiger partial charge in [0.1, 0.15) is 11.3 Å². The van der Waals surface area contributed by atoms with E-state index in [0.717, 1.165) is 21.5 Å². The van der Waals surface area contributed by atoms with E-state index in [9.17, 15) is 9.59 Å². The van der Waals surface area contributed by atoms with Crippen LogP contribution in [0.3, 0.4) is 0 Å². The highest BCUT2D eigenvalue weighted by Gasteiger charge is 2.29. The first-order valence-electron chi connectivity index (χ1n) is 11.8. The van der Waals surface area contributed by atoms with Gasteiger partial charge in [-0.2, -0.15) is 0 Å². The minimum absolute atomic E-state index is 0.0913. The Morgan fingerprint density at radius 2 is 1.39 bits per heavy atom. The Kier molecular flexibility index (Phi) is 6.25. The van der Waals surface area contributed by atoms with Gasteiger partial charge in [-0.25, -0.2) is 14.6 Å². The van der Waals surface area contributed by atoms with Crippen molar-refractivity contribution >= 4 is 44.4 Å². The zero-order valence-corrected chi connectivity index (χ0v) is 20.3. The molecule has 0 bridgehead atoms. The Hall–Kier alpha value is -4.45. The summed E-state index contributed by atoms with van der Waals surface area (Å²) in [6.07, 6.45) is 0. The van der Waals surface area contributed by atoms with Crippen LogP contribution >= 0.6 is 0 Å². The fraction of sp³-hybridized carbons (Fsp3) is 0.167. The average Bonchev–Trinajstić information content (AvgIpc) is 2.91. The molecule has 4 aromatic carbocycles. The summed E-state index contributed by atoms with van der Waals surface area (Å²) in [5, 5.41) is 4.41. The first kappa shape index (κ1) is 23.3. The molecule has 1 heterocycles. The second-order valence-corrected chi connectivity index (χ2v) is 8.26. The number of hydrogen-bond donors (Lipinski definition) is 0. The molecule has 36 heavy (non-hydrogen) atoms. The molecule has 5 aromatic rings. The normalized spacial score (nSPS) is 11.1. The first-order valence-corrected chi connectivity index (χ1v) is 11.8. The molecule has 180 valence electrons. The van der Waals surface area contributed by atoms with Crippen LogP contribution in [0.15, 0.2) is 72.8 Å². The second kappa shape index (κ2) is 9.66. The van der Waals surface area contributed by atoms with Gasteiger partial charge in [-0.3, -0.25) is 0 Å². The first-order chi connectivity index (χ1) is 17.5. The van der Waals surface area contributed by atoms with Crippen molar-refractivity contribution in [3.8, 4) is 17.0 Å². The molecular weight excluding hydrogens is 454 g/mol. The number of aromatic nitrogens is 1. The van der Waals surface area contributed by atoms with Crippen molar-refractivity contribution in [2.45, 2.75) is 13.8 Å². The lowest BCUT2D eigenvalue weighted by Gasteiger charge is -2.17. The molecule has 0 radical (unpaired) electrons. The number of fused-ring (bicyclic) bond motifs is 4. The Balaban J connectivity index is 1.94. The van der Waals surface area contributed by atoms with Gasteiger partial charge in [-0.1, -0.05) is 30.3 Å². The molecule has 0 N–H and O–H groups in total. The van der Waals surface area contributed by atoms with Gasteiger partial charge in [0.2, 0.25) is 0 Å². The number of pyridine rings is 1. The number of benzene rings is 4. The third-order valence-corrected chi connectivity index (χ3v) is 6.16. The molecule has 0 amide bonds. The summed E-state index contributed by atoms with van der Waals surface area (Å²) in [5.41, 5.74) is 1.84. The maximum atomic E-state index is 13.5. The van der Waals surface area contributed by atoms with E-state index >= 15 is 0 Å². The zero-order chi connectivity index (χ0) is 25.2. The molecule has 0 saturated carbocycles. The number of rotatable bonds is 6. The van der Waals surface area contributed by atoms with Gasteiger partial charge < -0.3 is 14.2 Å². The van der Waals surface area contributed by atoms with E-state index in [1.165, 1.54) is 0 Å². The summed E-state index contributed by atoms with van der Waals surface area (Å²) in [5.74, 6) is -0.553. The number of carbonyl (C=O) groups is 2. The number of methoxy groups -OCH3 is 1. The van der Waals surface area contributed by atoms with Crippen LogP contribution in [0, 0.1) is 0 Å². The third kappa shape index (κ3) is 4.01. The number of carbonyl (C=O) groups excluding carboxylic acids is 2. The van der Waals surface area contributed by atoms with Crippen molar-refractivity contribution in [1.29, 1.82) is 0 Å². The lowest BCUT2D eigenvalue weighted by molar-refractivity contribution is 0.0481. The van der Waals surface area contributed by atoms with Crippen LogP contribution in [-0.4, -0.2) is 37.2 Å². The lowest BCUT2D eigenvalue weighted by atomic mass is 9.92. The summed E-state index contributed by atoms with van der Waals surface area (Å²) in [4.78, 5) is 31.8. The van der Waals surface area contributed by atoms with Crippen molar-refractivity contribution in [3.63, 3.8) is 0 Å². The molecule has 0 unspecified atom stereocenters. The maximum Gasteiger partial charge on any atom is 0.341 e. The number of hydrogen-bond acceptors (Lipinski definition) is 6. The largest absolute Gasteiger partial charge is 0.497 e. The van der Waals surface area contributed by atoms with Crippen LogP contribution in [0.5, 0.6) is 5.75 Å². The van der Waals surface area contributed by atoms with Crippen LogP contribution in [0.2, 0.25) is 0 Å². The highest BCUT2D eigenvalue weighted by Crippen LogP contribution is 2.37. The molecule has 0 aliphatic rings. The molecule has 0 fully saturated rings. The van der Waals surface area contributed by atoms with E-state index in [-0.39, 0.29) is 24.3 Å². The molecule has 6 heteroatoms. The van der Waals surface area contributed by atoms with Gasteiger partial charge in [0.05, 0.1) is 37.1 Å². The van der Waals surface area contributed by atoms with E-state index in [4.69, 9.17) is 19.2 Å². The maximum absolute atomic E-state index is 13.5. The van der Waals surface area contributed by atoms with E-state index in [2.05, 4.69) is 6.07 Å². The van der Waals surface area contributed by atoms with E-state index in [1.807, 2.05) is 42.5 Å². The van der Waals surface area contributed by atoms with Crippen molar-refractivity contribution in [2.24, 2.45) is 0 Å². The van der Waals surface area contributed by atoms with E-state index in [0.29, 0.717) is 27.9 Å². The summed E-state index contributed by atoms with van der Waals surface area (Å²) in [7, 11) is 1.58. The van der Waals surface area contributed by atoms with E-state index < -0.39 is 11.9 Å². The number of esters is 2. The van der Waals surface area contributed by atoms with Crippen LogP contribution in [0.4, 0.5) is 0 Å². The monoisotopic (exact) mass is 479 g/mol. The van der Waals surface area contributed by atoms with Gasteiger partial charge in [0.25, 0.3) is 0 Å². The second-order valence-electron chi connectivity index (χ2n) is 8.26. The summed E-state index contributed by atoms with van der Waals surface area (Å²) in [6.45, 7) is 3.78. The summed E-state index contributed by atoms with van der Waals surface area (Å²) in [6, 6.07) is 23.1. The Morgan fingerprint density at radius 3 is 2.03 bits per heavy atom. The molecular formula is C30H25NO5. The van der Waals surface area contributed by atoms with Crippen molar-refractivity contribution in [1.82, 2.24) is 4.98 Å². The SMILES string of the molecule is CCOC(=O)c1c(-c2ccc(OC)cc2)nc2ccc3cc4ccccc4cc3c2c1C(=O)OCC. The Morgan fingerprint density at radius 1 is 0.750 bits per heavy atom. The third-order valence-electron chi connectivity index (χ3n) is 6.16. The van der Waals surface area contributed by atoms with Crippen molar-refractivity contribution < 1.29 is 23.8 Å². The van der Waals surface area contributed by atoms with Gasteiger partial charge in [-0.15, -0.1) is 0 Å².